The minimum absolute atomic E-state index is 0.219. The molecule has 0 radical (unpaired) electrons. The van der Waals surface area contributed by atoms with Crippen LogP contribution in [0.1, 0.15) is 35.7 Å². The molecule has 106 valence electrons. The number of H-pyrrole nitrogens is 1. The summed E-state index contributed by atoms with van der Waals surface area (Å²) in [5.41, 5.74) is 9.49. The number of nitrogens with one attached hydrogen (secondary N) is 1. The van der Waals surface area contributed by atoms with E-state index in [0.29, 0.717) is 11.5 Å². The van der Waals surface area contributed by atoms with Crippen molar-refractivity contribution >= 4 is 39.4 Å². The van der Waals surface area contributed by atoms with Crippen LogP contribution in [0, 0.1) is 3.70 Å². The first-order chi connectivity index (χ1) is 10.2. The van der Waals surface area contributed by atoms with Crippen molar-refractivity contribution in [3.05, 3.63) is 44.9 Å². The lowest BCUT2D eigenvalue weighted by atomic mass is 9.82. The fourth-order valence-electron chi connectivity index (χ4n) is 3.11. The molecule has 2 aromatic heterocycles. The third kappa shape index (κ3) is 2.08. The summed E-state index contributed by atoms with van der Waals surface area (Å²) in [6, 6.07) is 8.55. The molecule has 1 unspecified atom stereocenters. The number of rotatable bonds is 1. The van der Waals surface area contributed by atoms with Crippen LogP contribution in [0.15, 0.2) is 24.3 Å². The highest BCUT2D eigenvalue weighted by atomic mass is 127. The molecule has 1 aliphatic carbocycles. The third-order valence-electron chi connectivity index (χ3n) is 4.10. The second-order valence-corrected chi connectivity index (χ2v) is 6.43. The van der Waals surface area contributed by atoms with Gasteiger partial charge in [0.1, 0.15) is 15.3 Å². The van der Waals surface area contributed by atoms with Crippen LogP contribution >= 0.6 is 22.6 Å². The number of benzene rings is 1. The second-order valence-electron chi connectivity index (χ2n) is 5.35. The van der Waals surface area contributed by atoms with Gasteiger partial charge in [-0.05, 0) is 53.0 Å². The molecule has 0 saturated carbocycles. The Morgan fingerprint density at radius 2 is 2.10 bits per heavy atom. The molecule has 1 atom stereocenters. The first-order valence-electron chi connectivity index (χ1n) is 6.99. The number of aryl methyl sites for hydroxylation is 1. The van der Waals surface area contributed by atoms with E-state index in [2.05, 4.69) is 67.0 Å². The van der Waals surface area contributed by atoms with Gasteiger partial charge in [0.2, 0.25) is 0 Å². The zero-order valence-corrected chi connectivity index (χ0v) is 13.5. The van der Waals surface area contributed by atoms with Gasteiger partial charge in [0, 0.05) is 5.92 Å². The Kier molecular flexibility index (Phi) is 3.06. The van der Waals surface area contributed by atoms with E-state index in [1.165, 1.54) is 11.1 Å². The van der Waals surface area contributed by atoms with Crippen molar-refractivity contribution in [2.24, 2.45) is 0 Å². The number of fused-ring (bicyclic) bond motifs is 2. The zero-order valence-electron chi connectivity index (χ0n) is 11.3. The number of aromatic amines is 1. The molecular weight excluding hydrogens is 377 g/mol. The Labute approximate surface area is 135 Å². The normalized spacial score (nSPS) is 17.9. The standard InChI is InChI=1S/C15H14IN5/c16-12-11-13(17)18-14(19-15(11)21-20-12)10-7-3-5-8-4-1-2-6-9(8)10/h1-2,4,6,10H,3,5,7H2,(H3,17,18,19,20,21). The van der Waals surface area contributed by atoms with Crippen molar-refractivity contribution in [2.45, 2.75) is 25.2 Å². The maximum atomic E-state index is 6.11. The highest BCUT2D eigenvalue weighted by molar-refractivity contribution is 14.1. The van der Waals surface area contributed by atoms with E-state index in [9.17, 15) is 0 Å². The van der Waals surface area contributed by atoms with Gasteiger partial charge in [0.15, 0.2) is 5.65 Å². The van der Waals surface area contributed by atoms with Crippen molar-refractivity contribution in [2.75, 3.05) is 5.73 Å². The van der Waals surface area contributed by atoms with E-state index in [-0.39, 0.29) is 5.92 Å². The van der Waals surface area contributed by atoms with Gasteiger partial charge in [-0.25, -0.2) is 9.97 Å². The minimum Gasteiger partial charge on any atom is -0.383 e. The van der Waals surface area contributed by atoms with Crippen LogP contribution < -0.4 is 5.73 Å². The van der Waals surface area contributed by atoms with Crippen molar-refractivity contribution in [1.29, 1.82) is 0 Å². The number of nitrogens with two attached hydrogens (primary N) is 1. The third-order valence-corrected chi connectivity index (χ3v) is 4.88. The molecular formula is C15H14IN5. The Hall–Kier alpha value is -1.70. The molecule has 4 rings (SSSR count). The Morgan fingerprint density at radius 3 is 3.00 bits per heavy atom. The van der Waals surface area contributed by atoms with Gasteiger partial charge < -0.3 is 5.73 Å². The molecule has 0 aliphatic heterocycles. The molecule has 0 saturated heterocycles. The van der Waals surface area contributed by atoms with Gasteiger partial charge in [-0.2, -0.15) is 5.10 Å². The van der Waals surface area contributed by atoms with Gasteiger partial charge in [0.05, 0.1) is 5.39 Å². The number of hydrogen-bond donors (Lipinski definition) is 2. The van der Waals surface area contributed by atoms with Crippen LogP contribution in [0.4, 0.5) is 5.82 Å². The van der Waals surface area contributed by atoms with Gasteiger partial charge in [-0.15, -0.1) is 0 Å². The smallest absolute Gasteiger partial charge is 0.187 e. The molecule has 3 N–H and O–H groups in total. The number of hydrogen-bond acceptors (Lipinski definition) is 4. The lowest BCUT2D eigenvalue weighted by Crippen LogP contribution is -2.14. The first-order valence-corrected chi connectivity index (χ1v) is 8.06. The van der Waals surface area contributed by atoms with E-state index in [0.717, 1.165) is 34.2 Å². The van der Waals surface area contributed by atoms with E-state index in [1.807, 2.05) is 0 Å². The van der Waals surface area contributed by atoms with Crippen LogP contribution in [-0.2, 0) is 6.42 Å². The number of nitrogens with zero attached hydrogens (tertiary/aromatic N) is 3. The fraction of sp³-hybridized carbons (Fsp3) is 0.267. The maximum absolute atomic E-state index is 6.11. The highest BCUT2D eigenvalue weighted by Gasteiger charge is 2.25. The predicted molar refractivity (Wildman–Crippen MR) is 90.0 cm³/mol. The average molecular weight is 391 g/mol. The van der Waals surface area contributed by atoms with E-state index in [4.69, 9.17) is 5.73 Å². The fourth-order valence-corrected chi connectivity index (χ4v) is 3.75. The van der Waals surface area contributed by atoms with Gasteiger partial charge in [0.25, 0.3) is 0 Å². The van der Waals surface area contributed by atoms with E-state index >= 15 is 0 Å². The average Bonchev–Trinajstić information content (AvgIpc) is 2.88. The van der Waals surface area contributed by atoms with Gasteiger partial charge in [-0.1, -0.05) is 24.3 Å². The number of nitrogen functional groups attached to an aromatic ring is 1. The summed E-state index contributed by atoms with van der Waals surface area (Å²) in [7, 11) is 0. The van der Waals surface area contributed by atoms with Crippen molar-refractivity contribution in [3.8, 4) is 0 Å². The van der Waals surface area contributed by atoms with Crippen molar-refractivity contribution in [1.82, 2.24) is 20.2 Å². The van der Waals surface area contributed by atoms with Crippen LogP contribution in [0.25, 0.3) is 11.0 Å². The van der Waals surface area contributed by atoms with Crippen molar-refractivity contribution < 1.29 is 0 Å². The van der Waals surface area contributed by atoms with Crippen LogP contribution in [-0.4, -0.2) is 20.2 Å². The number of halogens is 1. The summed E-state index contributed by atoms with van der Waals surface area (Å²) in [5, 5.41) is 7.97. The molecule has 0 spiro atoms. The summed E-state index contributed by atoms with van der Waals surface area (Å²) in [4.78, 5) is 9.20. The van der Waals surface area contributed by atoms with Gasteiger partial charge in [-0.3, -0.25) is 5.10 Å². The lowest BCUT2D eigenvalue weighted by molar-refractivity contribution is 0.592. The molecule has 1 aliphatic rings. The van der Waals surface area contributed by atoms with Crippen molar-refractivity contribution in [3.63, 3.8) is 0 Å². The monoisotopic (exact) mass is 391 g/mol. The molecule has 0 bridgehead atoms. The number of anilines is 1. The first kappa shape index (κ1) is 13.0. The predicted octanol–water partition coefficient (Wildman–Crippen LogP) is 3.01. The largest absolute Gasteiger partial charge is 0.383 e. The highest BCUT2D eigenvalue weighted by Crippen LogP contribution is 2.36. The van der Waals surface area contributed by atoms with E-state index < -0.39 is 0 Å². The lowest BCUT2D eigenvalue weighted by Gasteiger charge is -2.24. The summed E-state index contributed by atoms with van der Waals surface area (Å²) >= 11 is 2.17. The summed E-state index contributed by atoms with van der Waals surface area (Å²) in [5.74, 6) is 1.52. The maximum Gasteiger partial charge on any atom is 0.187 e. The van der Waals surface area contributed by atoms with Crippen LogP contribution in [0.5, 0.6) is 0 Å². The SMILES string of the molecule is Nc1nc(C2CCCc3ccccc32)nc2n[nH]c(I)c12. The minimum atomic E-state index is 0.219. The second kappa shape index (κ2) is 4.94. The molecule has 5 nitrogen and oxygen atoms in total. The van der Waals surface area contributed by atoms with Crippen LogP contribution in [0.3, 0.4) is 0 Å². The summed E-state index contributed by atoms with van der Waals surface area (Å²) < 4.78 is 0.885. The molecule has 0 amide bonds. The number of aromatic nitrogens is 4. The van der Waals surface area contributed by atoms with E-state index in [1.54, 1.807) is 0 Å². The Bertz CT molecular complexity index is 826. The van der Waals surface area contributed by atoms with Crippen LogP contribution in [0.2, 0.25) is 0 Å². The molecule has 2 heterocycles. The van der Waals surface area contributed by atoms with Gasteiger partial charge >= 0.3 is 0 Å². The molecule has 1 aromatic carbocycles. The molecule has 6 heteroatoms. The molecule has 0 fully saturated rings. The summed E-state index contributed by atoms with van der Waals surface area (Å²) in [6.45, 7) is 0. The Balaban J connectivity index is 1.88. The quantitative estimate of drug-likeness (QED) is 0.625. The molecule has 21 heavy (non-hydrogen) atoms. The zero-order chi connectivity index (χ0) is 14.4. The molecule has 3 aromatic rings. The topological polar surface area (TPSA) is 80.5 Å². The Morgan fingerprint density at radius 1 is 1.24 bits per heavy atom. The summed E-state index contributed by atoms with van der Waals surface area (Å²) in [6.07, 6.45) is 3.34.